The molecule has 1 amide bonds. The monoisotopic (exact) mass is 337 g/mol. The number of piperidine rings is 2. The van der Waals surface area contributed by atoms with Gasteiger partial charge < -0.3 is 10.6 Å². The SMILES string of the molecule is Cl.Cl.O=C(CC1CCNCC1)NC1CCN2CCCCC12. The van der Waals surface area contributed by atoms with Gasteiger partial charge in [0.1, 0.15) is 0 Å². The molecule has 3 aliphatic heterocycles. The summed E-state index contributed by atoms with van der Waals surface area (Å²) in [6.07, 6.45) is 8.17. The van der Waals surface area contributed by atoms with Crippen molar-refractivity contribution in [3.8, 4) is 0 Å². The van der Waals surface area contributed by atoms with Crippen molar-refractivity contribution in [2.24, 2.45) is 5.92 Å². The van der Waals surface area contributed by atoms with E-state index in [1.165, 1.54) is 32.4 Å². The first-order chi connectivity index (χ1) is 9.33. The van der Waals surface area contributed by atoms with Gasteiger partial charge in [-0.15, -0.1) is 24.8 Å². The predicted octanol–water partition coefficient (Wildman–Crippen LogP) is 1.96. The first-order valence-corrected chi connectivity index (χ1v) is 8.07. The van der Waals surface area contributed by atoms with Crippen LogP contribution in [0.15, 0.2) is 0 Å². The van der Waals surface area contributed by atoms with E-state index in [0.717, 1.165) is 38.8 Å². The van der Waals surface area contributed by atoms with E-state index in [1.807, 2.05) is 0 Å². The Labute approximate surface area is 140 Å². The summed E-state index contributed by atoms with van der Waals surface area (Å²) in [7, 11) is 0. The number of hydrogen-bond donors (Lipinski definition) is 2. The molecule has 3 fully saturated rings. The van der Waals surface area contributed by atoms with Crippen molar-refractivity contribution in [2.45, 2.75) is 57.0 Å². The van der Waals surface area contributed by atoms with Crippen molar-refractivity contribution in [1.29, 1.82) is 0 Å². The largest absolute Gasteiger partial charge is 0.352 e. The quantitative estimate of drug-likeness (QED) is 0.827. The standard InChI is InChI=1S/C15H27N3O.2ClH/c19-15(11-12-4-7-16-8-5-12)17-13-6-10-18-9-2-1-3-14(13)18;;/h12-14,16H,1-11H2,(H,17,19);2*1H. The maximum Gasteiger partial charge on any atom is 0.220 e. The van der Waals surface area contributed by atoms with Gasteiger partial charge in [-0.3, -0.25) is 9.69 Å². The molecule has 3 heterocycles. The second kappa shape index (κ2) is 9.19. The van der Waals surface area contributed by atoms with Crippen LogP contribution in [0.2, 0.25) is 0 Å². The molecule has 6 heteroatoms. The minimum absolute atomic E-state index is 0. The molecular weight excluding hydrogens is 309 g/mol. The first-order valence-electron chi connectivity index (χ1n) is 8.07. The van der Waals surface area contributed by atoms with Crippen LogP contribution >= 0.6 is 24.8 Å². The summed E-state index contributed by atoms with van der Waals surface area (Å²) in [5.41, 5.74) is 0. The van der Waals surface area contributed by atoms with Crippen LogP contribution < -0.4 is 10.6 Å². The van der Waals surface area contributed by atoms with Gasteiger partial charge in [0.15, 0.2) is 0 Å². The van der Waals surface area contributed by atoms with E-state index in [9.17, 15) is 4.79 Å². The highest BCUT2D eigenvalue weighted by atomic mass is 35.5. The van der Waals surface area contributed by atoms with Crippen molar-refractivity contribution < 1.29 is 4.79 Å². The van der Waals surface area contributed by atoms with E-state index in [-0.39, 0.29) is 24.8 Å². The molecule has 2 N–H and O–H groups in total. The maximum atomic E-state index is 12.2. The highest BCUT2D eigenvalue weighted by molar-refractivity contribution is 5.85. The van der Waals surface area contributed by atoms with Gasteiger partial charge in [-0.1, -0.05) is 6.42 Å². The predicted molar refractivity (Wildman–Crippen MR) is 90.5 cm³/mol. The molecule has 0 aromatic rings. The molecule has 0 radical (unpaired) electrons. The molecule has 21 heavy (non-hydrogen) atoms. The van der Waals surface area contributed by atoms with Crippen molar-refractivity contribution in [1.82, 2.24) is 15.5 Å². The molecule has 2 atom stereocenters. The molecule has 3 saturated heterocycles. The summed E-state index contributed by atoms with van der Waals surface area (Å²) in [6, 6.07) is 1.06. The summed E-state index contributed by atoms with van der Waals surface area (Å²) >= 11 is 0. The lowest BCUT2D eigenvalue weighted by Gasteiger charge is -2.32. The third-order valence-corrected chi connectivity index (χ3v) is 5.14. The lowest BCUT2D eigenvalue weighted by atomic mass is 9.93. The van der Waals surface area contributed by atoms with Crippen LogP contribution in [0, 0.1) is 5.92 Å². The van der Waals surface area contributed by atoms with Crippen LogP contribution in [-0.2, 0) is 4.79 Å². The van der Waals surface area contributed by atoms with Crippen LogP contribution in [-0.4, -0.2) is 49.1 Å². The van der Waals surface area contributed by atoms with Gasteiger partial charge in [0.2, 0.25) is 5.91 Å². The number of rotatable bonds is 3. The molecule has 124 valence electrons. The van der Waals surface area contributed by atoms with Crippen molar-refractivity contribution in [2.75, 3.05) is 26.2 Å². The summed E-state index contributed by atoms with van der Waals surface area (Å²) < 4.78 is 0. The van der Waals surface area contributed by atoms with Gasteiger partial charge in [0.05, 0.1) is 0 Å². The Hall–Kier alpha value is -0.0300. The maximum absolute atomic E-state index is 12.2. The molecular formula is C15H29Cl2N3O. The summed E-state index contributed by atoms with van der Waals surface area (Å²) in [5.74, 6) is 0.898. The summed E-state index contributed by atoms with van der Waals surface area (Å²) in [6.45, 7) is 4.59. The average Bonchev–Trinajstić information content (AvgIpc) is 2.83. The van der Waals surface area contributed by atoms with E-state index < -0.39 is 0 Å². The normalized spacial score (nSPS) is 29.9. The number of carbonyl (C=O) groups is 1. The van der Waals surface area contributed by atoms with E-state index in [2.05, 4.69) is 15.5 Å². The van der Waals surface area contributed by atoms with Crippen LogP contribution in [0.25, 0.3) is 0 Å². The van der Waals surface area contributed by atoms with Crippen LogP contribution in [0.5, 0.6) is 0 Å². The zero-order chi connectivity index (χ0) is 13.1. The fourth-order valence-electron chi connectivity index (χ4n) is 4.03. The molecule has 3 rings (SSSR count). The van der Waals surface area contributed by atoms with Gasteiger partial charge in [-0.25, -0.2) is 0 Å². The van der Waals surface area contributed by atoms with E-state index in [4.69, 9.17) is 0 Å². The van der Waals surface area contributed by atoms with Gasteiger partial charge in [-0.2, -0.15) is 0 Å². The lowest BCUT2D eigenvalue weighted by Crippen LogP contribution is -2.47. The molecule has 2 unspecified atom stereocenters. The molecule has 0 aliphatic carbocycles. The van der Waals surface area contributed by atoms with E-state index >= 15 is 0 Å². The molecule has 0 bridgehead atoms. The second-order valence-corrected chi connectivity index (χ2v) is 6.46. The number of nitrogens with zero attached hydrogens (tertiary/aromatic N) is 1. The zero-order valence-corrected chi connectivity index (χ0v) is 14.3. The Morgan fingerprint density at radius 1 is 1.05 bits per heavy atom. The Kier molecular flexibility index (Phi) is 8.32. The fraction of sp³-hybridized carbons (Fsp3) is 0.933. The van der Waals surface area contributed by atoms with Crippen molar-refractivity contribution in [3.63, 3.8) is 0 Å². The number of halogens is 2. The Morgan fingerprint density at radius 2 is 1.81 bits per heavy atom. The summed E-state index contributed by atoms with van der Waals surface area (Å²) in [4.78, 5) is 14.8. The smallest absolute Gasteiger partial charge is 0.220 e. The number of amides is 1. The minimum atomic E-state index is 0. The van der Waals surface area contributed by atoms with Crippen LogP contribution in [0.4, 0.5) is 0 Å². The number of fused-ring (bicyclic) bond motifs is 1. The Bertz CT molecular complexity index is 324. The second-order valence-electron chi connectivity index (χ2n) is 6.46. The minimum Gasteiger partial charge on any atom is -0.352 e. The molecule has 4 nitrogen and oxygen atoms in total. The van der Waals surface area contributed by atoms with Crippen molar-refractivity contribution in [3.05, 3.63) is 0 Å². The third kappa shape index (κ3) is 4.98. The van der Waals surface area contributed by atoms with Gasteiger partial charge >= 0.3 is 0 Å². The topological polar surface area (TPSA) is 44.4 Å². The highest BCUT2D eigenvalue weighted by Crippen LogP contribution is 2.27. The average molecular weight is 338 g/mol. The molecule has 0 saturated carbocycles. The number of nitrogens with one attached hydrogen (secondary N) is 2. The van der Waals surface area contributed by atoms with Crippen LogP contribution in [0.1, 0.15) is 44.9 Å². The van der Waals surface area contributed by atoms with E-state index in [1.54, 1.807) is 0 Å². The van der Waals surface area contributed by atoms with E-state index in [0.29, 0.717) is 23.9 Å². The molecule has 0 spiro atoms. The lowest BCUT2D eigenvalue weighted by molar-refractivity contribution is -0.123. The van der Waals surface area contributed by atoms with Gasteiger partial charge in [-0.05, 0) is 57.7 Å². The third-order valence-electron chi connectivity index (χ3n) is 5.14. The first kappa shape index (κ1) is 19.0. The highest BCUT2D eigenvalue weighted by Gasteiger charge is 2.36. The fourth-order valence-corrected chi connectivity index (χ4v) is 4.03. The molecule has 0 aromatic carbocycles. The molecule has 3 aliphatic rings. The Balaban J connectivity index is 0.00000110. The summed E-state index contributed by atoms with van der Waals surface area (Å²) in [5, 5.41) is 6.68. The van der Waals surface area contributed by atoms with Gasteiger partial charge in [0, 0.05) is 25.0 Å². The number of carbonyl (C=O) groups excluding carboxylic acids is 1. The van der Waals surface area contributed by atoms with Gasteiger partial charge in [0.25, 0.3) is 0 Å². The number of hydrogen-bond acceptors (Lipinski definition) is 3. The zero-order valence-electron chi connectivity index (χ0n) is 12.7. The molecule has 0 aromatic heterocycles. The Morgan fingerprint density at radius 3 is 2.57 bits per heavy atom. The van der Waals surface area contributed by atoms with Crippen LogP contribution in [0.3, 0.4) is 0 Å². The van der Waals surface area contributed by atoms with Crippen molar-refractivity contribution >= 4 is 30.7 Å².